The Balaban J connectivity index is 1.14. The summed E-state index contributed by atoms with van der Waals surface area (Å²) in [5.74, 6) is -0.00907. The lowest BCUT2D eigenvalue weighted by molar-refractivity contribution is -0.142. The van der Waals surface area contributed by atoms with Gasteiger partial charge in [0, 0.05) is 37.8 Å². The molecule has 3 saturated heterocycles. The molecule has 1 aromatic carbocycles. The van der Waals surface area contributed by atoms with E-state index in [0.717, 1.165) is 31.2 Å². The lowest BCUT2D eigenvalue weighted by Gasteiger charge is -2.61. The molecular formula is C22H26F3N3O5S. The van der Waals surface area contributed by atoms with E-state index in [4.69, 9.17) is 4.74 Å². The average Bonchev–Trinajstić information content (AvgIpc) is 2.64. The summed E-state index contributed by atoms with van der Waals surface area (Å²) < 4.78 is 68.6. The van der Waals surface area contributed by atoms with Gasteiger partial charge < -0.3 is 19.9 Å². The van der Waals surface area contributed by atoms with Crippen LogP contribution in [0.1, 0.15) is 24.0 Å². The Labute approximate surface area is 195 Å². The van der Waals surface area contributed by atoms with Crippen LogP contribution in [0.2, 0.25) is 0 Å². The average molecular weight is 502 g/mol. The van der Waals surface area contributed by atoms with E-state index in [-0.39, 0.29) is 34.8 Å². The van der Waals surface area contributed by atoms with E-state index in [0.29, 0.717) is 44.8 Å². The molecule has 0 bridgehead atoms. The third-order valence-corrected chi connectivity index (χ3v) is 8.52. The van der Waals surface area contributed by atoms with Gasteiger partial charge in [-0.05, 0) is 42.9 Å². The van der Waals surface area contributed by atoms with Gasteiger partial charge in [-0.3, -0.25) is 4.79 Å². The minimum Gasteiger partial charge on any atom is -0.369 e. The van der Waals surface area contributed by atoms with Crippen molar-refractivity contribution in [2.45, 2.75) is 35.9 Å². The van der Waals surface area contributed by atoms with Gasteiger partial charge in [0.15, 0.2) is 9.84 Å². The molecule has 1 saturated carbocycles. The molecular weight excluding hydrogens is 475 g/mol. The van der Waals surface area contributed by atoms with E-state index in [1.807, 2.05) is 0 Å². The van der Waals surface area contributed by atoms with Crippen molar-refractivity contribution in [3.05, 3.63) is 29.3 Å². The second-order valence-corrected chi connectivity index (χ2v) is 12.4. The van der Waals surface area contributed by atoms with Crippen molar-refractivity contribution in [1.82, 2.24) is 15.1 Å². The zero-order valence-corrected chi connectivity index (χ0v) is 19.5. The maximum Gasteiger partial charge on any atom is 0.416 e. The van der Waals surface area contributed by atoms with Crippen LogP contribution in [-0.4, -0.2) is 81.3 Å². The van der Waals surface area contributed by atoms with Crippen molar-refractivity contribution in [1.29, 1.82) is 0 Å². The third kappa shape index (κ3) is 4.15. The predicted molar refractivity (Wildman–Crippen MR) is 114 cm³/mol. The molecule has 186 valence electrons. The lowest BCUT2D eigenvalue weighted by atomic mass is 9.56. The molecule has 0 radical (unpaired) electrons. The molecule has 3 heterocycles. The predicted octanol–water partition coefficient (Wildman–Crippen LogP) is 1.68. The van der Waals surface area contributed by atoms with Crippen molar-refractivity contribution in [2.24, 2.45) is 11.3 Å². The SMILES string of the molecule is CS(=O)(=O)c1cc(C(F)(F)F)ccc1CC1CC2(C1)CN(C(=O)N1CC3(COCC(=O)N3)C1)C2. The quantitative estimate of drug-likeness (QED) is 0.680. The maximum atomic E-state index is 13.0. The number of benzene rings is 1. The van der Waals surface area contributed by atoms with Crippen LogP contribution < -0.4 is 5.32 Å². The standard InChI is InChI=1S/C22H26F3N3O5S/c1-34(31,32)17-5-16(22(23,24)25)3-2-15(17)4-14-6-20(7-14)9-27(10-20)19(30)28-11-21(12-28)13-33-8-18(29)26-21/h2-3,5,14H,4,6-13H2,1H3,(H,26,29). The number of carbonyl (C=O) groups is 2. The second-order valence-electron chi connectivity index (χ2n) is 10.4. The summed E-state index contributed by atoms with van der Waals surface area (Å²) in [7, 11) is -3.80. The molecule has 12 heteroatoms. The normalized spacial score (nSPS) is 23.8. The summed E-state index contributed by atoms with van der Waals surface area (Å²) in [6.45, 7) is 2.51. The summed E-state index contributed by atoms with van der Waals surface area (Å²) in [5.41, 5.74) is -1.04. The monoisotopic (exact) mass is 501 g/mol. The van der Waals surface area contributed by atoms with Crippen LogP contribution in [0.15, 0.2) is 23.1 Å². The van der Waals surface area contributed by atoms with Crippen LogP contribution in [0.3, 0.4) is 0 Å². The van der Waals surface area contributed by atoms with E-state index in [1.54, 1.807) is 9.80 Å². The first-order valence-electron chi connectivity index (χ1n) is 11.1. The molecule has 4 fully saturated rings. The van der Waals surface area contributed by atoms with Crippen molar-refractivity contribution in [3.8, 4) is 0 Å². The Morgan fingerprint density at radius 1 is 1.18 bits per heavy atom. The number of ether oxygens (including phenoxy) is 1. The molecule has 3 aliphatic heterocycles. The van der Waals surface area contributed by atoms with Crippen LogP contribution in [0.25, 0.3) is 0 Å². The molecule has 0 unspecified atom stereocenters. The molecule has 8 nitrogen and oxygen atoms in total. The summed E-state index contributed by atoms with van der Waals surface area (Å²) in [4.78, 5) is 27.5. The number of amides is 3. The van der Waals surface area contributed by atoms with Gasteiger partial charge in [0.1, 0.15) is 6.61 Å². The zero-order chi connectivity index (χ0) is 24.5. The van der Waals surface area contributed by atoms with Crippen molar-refractivity contribution in [2.75, 3.05) is 45.6 Å². The van der Waals surface area contributed by atoms with Gasteiger partial charge in [-0.25, -0.2) is 13.2 Å². The molecule has 1 N–H and O–H groups in total. The number of likely N-dealkylation sites (tertiary alicyclic amines) is 2. The van der Waals surface area contributed by atoms with E-state index in [9.17, 15) is 31.2 Å². The lowest BCUT2D eigenvalue weighted by Crippen LogP contribution is -2.78. The Hall–Kier alpha value is -2.34. The van der Waals surface area contributed by atoms with Crippen LogP contribution >= 0.6 is 0 Å². The number of urea groups is 1. The highest BCUT2D eigenvalue weighted by Gasteiger charge is 2.56. The number of halogens is 3. The smallest absolute Gasteiger partial charge is 0.369 e. The molecule has 0 aromatic heterocycles. The molecule has 5 rings (SSSR count). The second kappa shape index (κ2) is 7.58. The number of hydrogen-bond donors (Lipinski definition) is 1. The summed E-state index contributed by atoms with van der Waals surface area (Å²) in [6.07, 6.45) is -1.69. The van der Waals surface area contributed by atoms with Gasteiger partial charge >= 0.3 is 12.2 Å². The van der Waals surface area contributed by atoms with Crippen LogP contribution in [0.5, 0.6) is 0 Å². The Bertz CT molecular complexity index is 1130. The fourth-order valence-corrected chi connectivity index (χ4v) is 6.89. The first-order valence-corrected chi connectivity index (χ1v) is 13.0. The molecule has 0 atom stereocenters. The number of alkyl halides is 3. The van der Waals surface area contributed by atoms with Gasteiger partial charge in [0.25, 0.3) is 0 Å². The number of nitrogens with one attached hydrogen (secondary N) is 1. The van der Waals surface area contributed by atoms with Gasteiger partial charge in [-0.2, -0.15) is 13.2 Å². The zero-order valence-electron chi connectivity index (χ0n) is 18.7. The summed E-state index contributed by atoms with van der Waals surface area (Å²) in [5, 5.41) is 2.90. The van der Waals surface area contributed by atoms with Crippen molar-refractivity contribution in [3.63, 3.8) is 0 Å². The first kappa shape index (κ1) is 23.4. The fourth-order valence-electron chi connectivity index (χ4n) is 5.92. The Morgan fingerprint density at radius 3 is 2.41 bits per heavy atom. The minimum atomic E-state index is -4.61. The van der Waals surface area contributed by atoms with E-state index < -0.39 is 27.1 Å². The number of rotatable bonds is 3. The largest absolute Gasteiger partial charge is 0.416 e. The number of sulfone groups is 1. The van der Waals surface area contributed by atoms with Crippen LogP contribution in [0.4, 0.5) is 18.0 Å². The molecule has 34 heavy (non-hydrogen) atoms. The molecule has 4 aliphatic rings. The number of hydrogen-bond acceptors (Lipinski definition) is 5. The van der Waals surface area contributed by atoms with E-state index in [1.165, 1.54) is 6.07 Å². The number of morpholine rings is 1. The topological polar surface area (TPSA) is 96.0 Å². The van der Waals surface area contributed by atoms with Gasteiger partial charge in [-0.15, -0.1) is 0 Å². The maximum absolute atomic E-state index is 13.0. The van der Waals surface area contributed by atoms with Gasteiger partial charge in [0.05, 0.1) is 22.6 Å². The summed E-state index contributed by atoms with van der Waals surface area (Å²) >= 11 is 0. The fraction of sp³-hybridized carbons (Fsp3) is 0.636. The van der Waals surface area contributed by atoms with Crippen molar-refractivity contribution < 1.29 is 35.9 Å². The number of carbonyl (C=O) groups excluding carboxylic acids is 2. The highest BCUT2D eigenvalue weighted by molar-refractivity contribution is 7.90. The van der Waals surface area contributed by atoms with E-state index in [2.05, 4.69) is 5.32 Å². The van der Waals surface area contributed by atoms with E-state index >= 15 is 0 Å². The Kier molecular flexibility index (Phi) is 5.22. The minimum absolute atomic E-state index is 0.00219. The molecule has 2 spiro atoms. The van der Waals surface area contributed by atoms with Crippen LogP contribution in [-0.2, 0) is 32.0 Å². The molecule has 3 amide bonds. The number of nitrogens with zero attached hydrogens (tertiary/aromatic N) is 2. The highest BCUT2D eigenvalue weighted by Crippen LogP contribution is 2.53. The van der Waals surface area contributed by atoms with Crippen molar-refractivity contribution >= 4 is 21.8 Å². The van der Waals surface area contributed by atoms with Gasteiger partial charge in [-0.1, -0.05) is 6.07 Å². The third-order valence-electron chi connectivity index (χ3n) is 7.34. The van der Waals surface area contributed by atoms with Gasteiger partial charge in [0.2, 0.25) is 5.91 Å². The summed E-state index contributed by atoms with van der Waals surface area (Å²) in [6, 6.07) is 2.86. The first-order chi connectivity index (χ1) is 15.8. The highest BCUT2D eigenvalue weighted by atomic mass is 32.2. The molecule has 1 aliphatic carbocycles. The Morgan fingerprint density at radius 2 is 1.82 bits per heavy atom. The molecule has 1 aromatic rings. The van der Waals surface area contributed by atoms with Crippen LogP contribution in [0, 0.1) is 11.3 Å².